The number of amides is 1. The molecule has 0 aliphatic carbocycles. The Morgan fingerprint density at radius 3 is 2.54 bits per heavy atom. The van der Waals surface area contributed by atoms with Crippen molar-refractivity contribution in [2.24, 2.45) is 5.73 Å². The minimum atomic E-state index is -4.54. The highest BCUT2D eigenvalue weighted by Gasteiger charge is 2.40. The minimum Gasteiger partial charge on any atom is -0.339 e. The van der Waals surface area contributed by atoms with Crippen LogP contribution in [0.5, 0.6) is 0 Å². The van der Waals surface area contributed by atoms with Gasteiger partial charge in [-0.3, -0.25) is 4.79 Å². The third-order valence-corrected chi connectivity index (χ3v) is 4.03. The molecule has 0 saturated carbocycles. The molecule has 1 atom stereocenters. The summed E-state index contributed by atoms with van der Waals surface area (Å²) in [5.41, 5.74) is 5.87. The molecule has 0 radical (unpaired) electrons. The molecule has 24 heavy (non-hydrogen) atoms. The maximum atomic E-state index is 13.2. The lowest BCUT2D eigenvalue weighted by atomic mass is 10.1. The number of nitrogens with zero attached hydrogens (tertiary/aromatic N) is 1. The Hall–Kier alpha value is -1.64. The second kappa shape index (κ2) is 9.00. The summed E-state index contributed by atoms with van der Waals surface area (Å²) >= 11 is 1.21. The van der Waals surface area contributed by atoms with E-state index in [0.29, 0.717) is 23.5 Å². The predicted molar refractivity (Wildman–Crippen MR) is 89.6 cm³/mol. The van der Waals surface area contributed by atoms with Crippen LogP contribution in [0.1, 0.15) is 21.1 Å². The average molecular weight is 380 g/mol. The number of nitrogens with two attached hydrogens (primary N) is 1. The first-order valence-corrected chi connectivity index (χ1v) is 7.84. The van der Waals surface area contributed by atoms with Crippen molar-refractivity contribution >= 4 is 29.7 Å². The molecule has 0 bridgehead atoms. The first-order chi connectivity index (χ1) is 10.9. The number of rotatable bonds is 6. The summed E-state index contributed by atoms with van der Waals surface area (Å²) in [4.78, 5) is 16.0. The van der Waals surface area contributed by atoms with Crippen LogP contribution in [0.15, 0.2) is 35.7 Å². The first kappa shape index (κ1) is 20.4. The summed E-state index contributed by atoms with van der Waals surface area (Å²) in [5, 5.41) is 4.10. The maximum Gasteiger partial charge on any atom is 0.408 e. The van der Waals surface area contributed by atoms with E-state index < -0.39 is 18.1 Å². The molecule has 3 N–H and O–H groups in total. The molecule has 1 heterocycles. The summed E-state index contributed by atoms with van der Waals surface area (Å²) in [7, 11) is 0. The molecule has 132 valence electrons. The lowest BCUT2D eigenvalue weighted by Gasteiger charge is -2.21. The van der Waals surface area contributed by atoms with E-state index >= 15 is 0 Å². The van der Waals surface area contributed by atoms with Crippen molar-refractivity contribution in [3.63, 3.8) is 0 Å². The van der Waals surface area contributed by atoms with Crippen molar-refractivity contribution in [3.05, 3.63) is 52.0 Å². The van der Waals surface area contributed by atoms with Crippen molar-refractivity contribution in [1.82, 2.24) is 10.3 Å². The fourth-order valence-electron chi connectivity index (χ4n) is 1.98. The number of nitrogens with one attached hydrogen (secondary N) is 1. The zero-order chi connectivity index (χ0) is 16.9. The molecule has 2 aromatic rings. The van der Waals surface area contributed by atoms with Gasteiger partial charge in [0.25, 0.3) is 5.91 Å². The zero-order valence-corrected chi connectivity index (χ0v) is 14.2. The van der Waals surface area contributed by atoms with Crippen molar-refractivity contribution in [2.75, 3.05) is 6.54 Å². The number of carbonyl (C=O) groups excluding carboxylic acids is 1. The van der Waals surface area contributed by atoms with Crippen molar-refractivity contribution in [2.45, 2.75) is 25.1 Å². The maximum absolute atomic E-state index is 13.2. The van der Waals surface area contributed by atoms with Crippen LogP contribution in [-0.2, 0) is 12.8 Å². The number of benzene rings is 1. The van der Waals surface area contributed by atoms with Gasteiger partial charge in [-0.2, -0.15) is 13.2 Å². The van der Waals surface area contributed by atoms with Crippen LogP contribution in [0, 0.1) is 0 Å². The number of hydrogen-bond acceptors (Lipinski definition) is 4. The van der Waals surface area contributed by atoms with E-state index in [1.807, 2.05) is 5.32 Å². The molecule has 0 fully saturated rings. The Morgan fingerprint density at radius 1 is 1.29 bits per heavy atom. The molecule has 0 aliphatic rings. The monoisotopic (exact) mass is 379 g/mol. The van der Waals surface area contributed by atoms with Gasteiger partial charge in [0.2, 0.25) is 0 Å². The van der Waals surface area contributed by atoms with E-state index in [0.717, 1.165) is 0 Å². The Kier molecular flexibility index (Phi) is 7.65. The Bertz CT molecular complexity index is 649. The second-order valence-electron chi connectivity index (χ2n) is 4.92. The number of halogens is 4. The summed E-state index contributed by atoms with van der Waals surface area (Å²) < 4.78 is 39.5. The molecule has 2 rings (SSSR count). The summed E-state index contributed by atoms with van der Waals surface area (Å²) in [6.45, 7) is 0.369. The fourth-order valence-corrected chi connectivity index (χ4v) is 2.78. The van der Waals surface area contributed by atoms with Crippen LogP contribution in [-0.4, -0.2) is 29.7 Å². The van der Waals surface area contributed by atoms with Gasteiger partial charge in [-0.15, -0.1) is 23.7 Å². The average Bonchev–Trinajstić information content (AvgIpc) is 2.96. The SMILES string of the molecule is Cl.NCCc1nc(C(=O)NC(Cc2ccccc2)C(F)(F)F)cs1. The van der Waals surface area contributed by atoms with Crippen LogP contribution in [0.3, 0.4) is 0 Å². The highest BCUT2D eigenvalue weighted by Crippen LogP contribution is 2.24. The van der Waals surface area contributed by atoms with E-state index in [-0.39, 0.29) is 24.5 Å². The Morgan fingerprint density at radius 2 is 1.96 bits per heavy atom. The number of alkyl halides is 3. The number of aromatic nitrogens is 1. The Balaban J connectivity index is 0.00000288. The molecular formula is C15H17ClF3N3OS. The topological polar surface area (TPSA) is 68.0 Å². The number of hydrogen-bond donors (Lipinski definition) is 2. The van der Waals surface area contributed by atoms with E-state index in [1.54, 1.807) is 30.3 Å². The molecule has 1 unspecified atom stereocenters. The molecule has 1 aromatic carbocycles. The highest BCUT2D eigenvalue weighted by molar-refractivity contribution is 7.09. The summed E-state index contributed by atoms with van der Waals surface area (Å²) in [6, 6.07) is 6.25. The first-order valence-electron chi connectivity index (χ1n) is 6.96. The predicted octanol–water partition coefficient (Wildman–Crippen LogP) is 2.97. The van der Waals surface area contributed by atoms with Crippen LogP contribution >= 0.6 is 23.7 Å². The number of thiazole rings is 1. The zero-order valence-electron chi connectivity index (χ0n) is 12.5. The summed E-state index contributed by atoms with van der Waals surface area (Å²) in [6.07, 6.45) is -4.37. The van der Waals surface area contributed by atoms with Gasteiger partial charge in [0.05, 0.1) is 5.01 Å². The van der Waals surface area contributed by atoms with Gasteiger partial charge in [-0.1, -0.05) is 30.3 Å². The van der Waals surface area contributed by atoms with Gasteiger partial charge < -0.3 is 11.1 Å². The molecule has 0 spiro atoms. The molecular weight excluding hydrogens is 363 g/mol. The van der Waals surface area contributed by atoms with Gasteiger partial charge in [-0.05, 0) is 12.1 Å². The molecule has 0 saturated heterocycles. The molecule has 1 amide bonds. The van der Waals surface area contributed by atoms with E-state index in [9.17, 15) is 18.0 Å². The Labute approximate surface area is 147 Å². The van der Waals surface area contributed by atoms with Crippen LogP contribution in [0.4, 0.5) is 13.2 Å². The van der Waals surface area contributed by atoms with Crippen molar-refractivity contribution < 1.29 is 18.0 Å². The van der Waals surface area contributed by atoms with E-state index in [1.165, 1.54) is 16.7 Å². The van der Waals surface area contributed by atoms with Gasteiger partial charge in [-0.25, -0.2) is 4.98 Å². The minimum absolute atomic E-state index is 0. The second-order valence-corrected chi connectivity index (χ2v) is 5.87. The third kappa shape index (κ3) is 5.77. The third-order valence-electron chi connectivity index (χ3n) is 3.13. The lowest BCUT2D eigenvalue weighted by Crippen LogP contribution is -2.46. The van der Waals surface area contributed by atoms with E-state index in [2.05, 4.69) is 4.98 Å². The fraction of sp³-hybridized carbons (Fsp3) is 0.333. The van der Waals surface area contributed by atoms with Crippen LogP contribution < -0.4 is 11.1 Å². The quantitative estimate of drug-likeness (QED) is 0.810. The smallest absolute Gasteiger partial charge is 0.339 e. The molecule has 9 heteroatoms. The molecule has 1 aromatic heterocycles. The largest absolute Gasteiger partial charge is 0.408 e. The van der Waals surface area contributed by atoms with Gasteiger partial charge in [0.1, 0.15) is 11.7 Å². The van der Waals surface area contributed by atoms with Crippen molar-refractivity contribution in [1.29, 1.82) is 0 Å². The van der Waals surface area contributed by atoms with Gasteiger partial charge >= 0.3 is 6.18 Å². The highest BCUT2D eigenvalue weighted by atomic mass is 35.5. The standard InChI is InChI=1S/C15H16F3N3OS.ClH/c16-15(17,18)12(8-10-4-2-1-3-5-10)21-14(22)11-9-23-13(20-11)6-7-19;/h1-5,9,12H,6-8,19H2,(H,21,22);1H. The van der Waals surface area contributed by atoms with E-state index in [4.69, 9.17) is 5.73 Å². The van der Waals surface area contributed by atoms with Gasteiger partial charge in [0.15, 0.2) is 0 Å². The molecule has 0 aliphatic heterocycles. The normalized spacial score (nSPS) is 12.3. The number of carbonyl (C=O) groups is 1. The van der Waals surface area contributed by atoms with Crippen molar-refractivity contribution in [3.8, 4) is 0 Å². The lowest BCUT2D eigenvalue weighted by molar-refractivity contribution is -0.153. The summed E-state index contributed by atoms with van der Waals surface area (Å²) in [5.74, 6) is -0.831. The molecule has 4 nitrogen and oxygen atoms in total. The van der Waals surface area contributed by atoms with Crippen LogP contribution in [0.2, 0.25) is 0 Å². The van der Waals surface area contributed by atoms with Gasteiger partial charge in [0, 0.05) is 18.2 Å². The van der Waals surface area contributed by atoms with Crippen LogP contribution in [0.25, 0.3) is 0 Å².